The van der Waals surface area contributed by atoms with Crippen LogP contribution in [0.5, 0.6) is 0 Å². The van der Waals surface area contributed by atoms with E-state index in [1.807, 2.05) is 20.8 Å². The van der Waals surface area contributed by atoms with E-state index in [4.69, 9.17) is 0 Å². The molecule has 0 aliphatic heterocycles. The van der Waals surface area contributed by atoms with E-state index < -0.39 is 17.7 Å². The highest BCUT2D eigenvalue weighted by molar-refractivity contribution is 9.10. The first-order chi connectivity index (χ1) is 9.62. The number of nitrogens with zero attached hydrogens (tertiary/aromatic N) is 2. The van der Waals surface area contributed by atoms with Crippen LogP contribution in [0.15, 0.2) is 22.8 Å². The summed E-state index contributed by atoms with van der Waals surface area (Å²) >= 11 is 3.01. The Hall–Kier alpha value is -1.27. The Labute approximate surface area is 130 Å². The number of benzene rings is 1. The van der Waals surface area contributed by atoms with Gasteiger partial charge >= 0.3 is 0 Å². The van der Waals surface area contributed by atoms with Crippen molar-refractivity contribution in [1.82, 2.24) is 9.78 Å². The fourth-order valence-electron chi connectivity index (χ4n) is 2.24. The average molecular weight is 359 g/mol. The van der Waals surface area contributed by atoms with E-state index in [0.29, 0.717) is 11.3 Å². The molecule has 114 valence electrons. The lowest BCUT2D eigenvalue weighted by atomic mass is 9.86. The molecule has 0 radical (unpaired) electrons. The van der Waals surface area contributed by atoms with Crippen LogP contribution in [0, 0.1) is 11.6 Å². The molecule has 1 aromatic heterocycles. The van der Waals surface area contributed by atoms with Crippen molar-refractivity contribution in [3.63, 3.8) is 0 Å². The quantitative estimate of drug-likeness (QED) is 0.828. The van der Waals surface area contributed by atoms with Crippen LogP contribution in [-0.2, 0) is 12.5 Å². The molecule has 0 spiro atoms. The summed E-state index contributed by atoms with van der Waals surface area (Å²) in [5.41, 5.74) is 0.288. The highest BCUT2D eigenvalue weighted by atomic mass is 79.9. The lowest BCUT2D eigenvalue weighted by Crippen LogP contribution is -2.17. The molecule has 21 heavy (non-hydrogen) atoms. The Bertz CT molecular complexity index is 677. The zero-order valence-corrected chi connectivity index (χ0v) is 13.9. The Morgan fingerprint density at radius 3 is 2.48 bits per heavy atom. The van der Waals surface area contributed by atoms with E-state index >= 15 is 0 Å². The van der Waals surface area contributed by atoms with Gasteiger partial charge in [-0.25, -0.2) is 8.78 Å². The standard InChI is InChI=1S/C15H17BrF2N2O/c1-15(2,3)14-8(7-20(4)19-14)13(21)11-10(17)6-5-9(16)12(11)18/h5-7,13,21H,1-4H3. The summed E-state index contributed by atoms with van der Waals surface area (Å²) in [4.78, 5) is 0. The van der Waals surface area contributed by atoms with Gasteiger partial charge < -0.3 is 5.11 Å². The molecule has 0 fully saturated rings. The van der Waals surface area contributed by atoms with Crippen molar-refractivity contribution in [3.8, 4) is 0 Å². The summed E-state index contributed by atoms with van der Waals surface area (Å²) in [6.07, 6.45) is 0.177. The molecule has 0 saturated carbocycles. The van der Waals surface area contributed by atoms with Gasteiger partial charge in [0.05, 0.1) is 15.7 Å². The molecule has 6 heteroatoms. The molecule has 1 unspecified atom stereocenters. The van der Waals surface area contributed by atoms with Crippen LogP contribution in [0.25, 0.3) is 0 Å². The van der Waals surface area contributed by atoms with Gasteiger partial charge in [-0.3, -0.25) is 4.68 Å². The second-order valence-electron chi connectivity index (χ2n) is 6.02. The summed E-state index contributed by atoms with van der Waals surface area (Å²) < 4.78 is 29.8. The topological polar surface area (TPSA) is 38.0 Å². The van der Waals surface area contributed by atoms with Gasteiger partial charge in [0.2, 0.25) is 0 Å². The molecule has 0 aliphatic rings. The third-order valence-corrected chi connectivity index (χ3v) is 3.83. The minimum absolute atomic E-state index is 0.110. The molecule has 2 rings (SSSR count). The van der Waals surface area contributed by atoms with Gasteiger partial charge in [0.25, 0.3) is 0 Å². The molecular formula is C15H17BrF2N2O. The van der Waals surface area contributed by atoms with Gasteiger partial charge in [-0.05, 0) is 28.1 Å². The summed E-state index contributed by atoms with van der Waals surface area (Å²) in [5, 5.41) is 14.8. The number of aryl methyl sites for hydroxylation is 1. The van der Waals surface area contributed by atoms with Crippen molar-refractivity contribution in [3.05, 3.63) is 51.3 Å². The largest absolute Gasteiger partial charge is 0.383 e. The van der Waals surface area contributed by atoms with Crippen LogP contribution in [0.4, 0.5) is 8.78 Å². The molecule has 1 aromatic carbocycles. The molecule has 1 heterocycles. The Kier molecular flexibility index (Phi) is 4.22. The summed E-state index contributed by atoms with van der Waals surface area (Å²) in [6, 6.07) is 2.40. The van der Waals surface area contributed by atoms with Gasteiger partial charge in [0.15, 0.2) is 0 Å². The lowest BCUT2D eigenvalue weighted by molar-refractivity contribution is 0.206. The number of halogens is 3. The normalized spacial score (nSPS) is 13.5. The first-order valence-electron chi connectivity index (χ1n) is 6.48. The van der Waals surface area contributed by atoms with Gasteiger partial charge in [-0.15, -0.1) is 0 Å². The van der Waals surface area contributed by atoms with Crippen molar-refractivity contribution in [2.24, 2.45) is 7.05 Å². The monoisotopic (exact) mass is 358 g/mol. The molecule has 3 nitrogen and oxygen atoms in total. The number of hydrogen-bond acceptors (Lipinski definition) is 2. The van der Waals surface area contributed by atoms with Crippen molar-refractivity contribution in [2.75, 3.05) is 0 Å². The Morgan fingerprint density at radius 2 is 1.90 bits per heavy atom. The lowest BCUT2D eigenvalue weighted by Gasteiger charge is -2.20. The Balaban J connectivity index is 2.61. The fraction of sp³-hybridized carbons (Fsp3) is 0.400. The first kappa shape index (κ1) is 16.1. The van der Waals surface area contributed by atoms with Crippen molar-refractivity contribution in [2.45, 2.75) is 32.3 Å². The SMILES string of the molecule is Cn1cc(C(O)c2c(F)ccc(Br)c2F)c(C(C)(C)C)n1. The van der Waals surface area contributed by atoms with Crippen molar-refractivity contribution in [1.29, 1.82) is 0 Å². The fourth-order valence-corrected chi connectivity index (χ4v) is 2.58. The molecule has 1 atom stereocenters. The summed E-state index contributed by atoms with van der Waals surface area (Å²) in [5.74, 6) is -1.59. The number of aliphatic hydroxyl groups is 1. The second-order valence-corrected chi connectivity index (χ2v) is 6.87. The van der Waals surface area contributed by atoms with E-state index in [9.17, 15) is 13.9 Å². The number of aromatic nitrogens is 2. The first-order valence-corrected chi connectivity index (χ1v) is 7.27. The maximum Gasteiger partial charge on any atom is 0.146 e. The van der Waals surface area contributed by atoms with E-state index in [2.05, 4.69) is 21.0 Å². The smallest absolute Gasteiger partial charge is 0.146 e. The van der Waals surface area contributed by atoms with Crippen LogP contribution in [0.3, 0.4) is 0 Å². The minimum Gasteiger partial charge on any atom is -0.383 e. The Morgan fingerprint density at radius 1 is 1.29 bits per heavy atom. The zero-order valence-electron chi connectivity index (χ0n) is 12.3. The molecule has 0 bridgehead atoms. The number of aliphatic hydroxyl groups excluding tert-OH is 1. The highest BCUT2D eigenvalue weighted by Crippen LogP contribution is 2.35. The second kappa shape index (κ2) is 5.50. The summed E-state index contributed by atoms with van der Waals surface area (Å²) in [7, 11) is 1.71. The predicted molar refractivity (Wildman–Crippen MR) is 80.0 cm³/mol. The van der Waals surface area contributed by atoms with E-state index in [-0.39, 0.29) is 15.5 Å². The van der Waals surface area contributed by atoms with Crippen molar-refractivity contribution < 1.29 is 13.9 Å². The molecule has 1 N–H and O–H groups in total. The predicted octanol–water partition coefficient (Wildman–Crippen LogP) is 3.84. The number of rotatable bonds is 2. The van der Waals surface area contributed by atoms with Crippen LogP contribution in [-0.4, -0.2) is 14.9 Å². The van der Waals surface area contributed by atoms with E-state index in [0.717, 1.165) is 6.07 Å². The third kappa shape index (κ3) is 3.01. The van der Waals surface area contributed by atoms with Crippen LogP contribution in [0.2, 0.25) is 0 Å². The molecule has 2 aromatic rings. The van der Waals surface area contributed by atoms with Crippen LogP contribution in [0.1, 0.15) is 43.7 Å². The molecular weight excluding hydrogens is 342 g/mol. The van der Waals surface area contributed by atoms with E-state index in [1.165, 1.54) is 10.7 Å². The van der Waals surface area contributed by atoms with Crippen LogP contribution < -0.4 is 0 Å². The summed E-state index contributed by atoms with van der Waals surface area (Å²) in [6.45, 7) is 5.79. The molecule has 0 aliphatic carbocycles. The van der Waals surface area contributed by atoms with Gasteiger partial charge in [-0.2, -0.15) is 5.10 Å². The molecule has 0 saturated heterocycles. The third-order valence-electron chi connectivity index (χ3n) is 3.21. The van der Waals surface area contributed by atoms with Crippen molar-refractivity contribution >= 4 is 15.9 Å². The maximum atomic E-state index is 14.2. The number of hydrogen-bond donors (Lipinski definition) is 1. The van der Waals surface area contributed by atoms with E-state index in [1.54, 1.807) is 13.2 Å². The van der Waals surface area contributed by atoms with Gasteiger partial charge in [0, 0.05) is 24.2 Å². The molecule has 0 amide bonds. The highest BCUT2D eigenvalue weighted by Gasteiger charge is 2.30. The zero-order chi connectivity index (χ0) is 15.9. The van der Waals surface area contributed by atoms with Gasteiger partial charge in [-0.1, -0.05) is 20.8 Å². The minimum atomic E-state index is -1.41. The average Bonchev–Trinajstić information content (AvgIpc) is 2.76. The van der Waals surface area contributed by atoms with Gasteiger partial charge in [0.1, 0.15) is 17.7 Å². The van der Waals surface area contributed by atoms with Crippen LogP contribution >= 0.6 is 15.9 Å². The maximum absolute atomic E-state index is 14.2.